The predicted octanol–water partition coefficient (Wildman–Crippen LogP) is 1.36. The maximum Gasteiger partial charge on any atom is 0.109 e. The summed E-state index contributed by atoms with van der Waals surface area (Å²) in [6, 6.07) is 0. The second kappa shape index (κ2) is 6.56. The van der Waals surface area contributed by atoms with Gasteiger partial charge in [0.15, 0.2) is 0 Å². The van der Waals surface area contributed by atoms with E-state index in [4.69, 9.17) is 5.53 Å². The first-order valence-electron chi connectivity index (χ1n) is 2.95. The first-order chi connectivity index (χ1) is 3.91. The molecule has 0 saturated heterocycles. The van der Waals surface area contributed by atoms with E-state index in [1.807, 2.05) is 0 Å². The van der Waals surface area contributed by atoms with Gasteiger partial charge in [-0.1, -0.05) is 13.3 Å². The molecular formula is C5H13N3. The molecule has 0 heterocycles. The molecule has 0 aliphatic rings. The normalized spacial score (nSPS) is 9.12. The molecule has 0 rings (SSSR count). The lowest BCUT2D eigenvalue weighted by molar-refractivity contribution is 0.634. The maximum atomic E-state index is 6.40. The highest BCUT2D eigenvalue weighted by atomic mass is 15.1. The van der Waals surface area contributed by atoms with Crippen LogP contribution < -0.4 is 5.32 Å². The van der Waals surface area contributed by atoms with E-state index in [9.17, 15) is 0 Å². The van der Waals surface area contributed by atoms with E-state index in [0.717, 1.165) is 6.54 Å². The van der Waals surface area contributed by atoms with E-state index in [0.29, 0.717) is 6.67 Å². The lowest BCUT2D eigenvalue weighted by atomic mass is 10.3. The summed E-state index contributed by atoms with van der Waals surface area (Å²) in [7, 11) is 0. The van der Waals surface area contributed by atoms with E-state index < -0.39 is 0 Å². The quantitative estimate of drug-likeness (QED) is 0.412. The zero-order chi connectivity index (χ0) is 6.24. The Balaban J connectivity index is 2.62. The second-order valence-electron chi connectivity index (χ2n) is 1.67. The fourth-order valence-electron chi connectivity index (χ4n) is 0.437. The summed E-state index contributed by atoms with van der Waals surface area (Å²) >= 11 is 0. The smallest absolute Gasteiger partial charge is 0.109 e. The molecule has 0 unspecified atom stereocenters. The van der Waals surface area contributed by atoms with Crippen molar-refractivity contribution >= 4 is 0 Å². The van der Waals surface area contributed by atoms with Gasteiger partial charge in [-0.2, -0.15) is 5.11 Å². The van der Waals surface area contributed by atoms with Crippen molar-refractivity contribution in [1.82, 2.24) is 5.32 Å². The van der Waals surface area contributed by atoms with Crippen molar-refractivity contribution in [3.8, 4) is 0 Å². The lowest BCUT2D eigenvalue weighted by Crippen LogP contribution is -2.13. The standard InChI is InChI=1S/C5H13N3/c1-2-3-4-7-5-8-6/h6-7H,2-5H2,1H3. The number of nitrogens with zero attached hydrogens (tertiary/aromatic N) is 1. The van der Waals surface area contributed by atoms with Crippen LogP contribution in [0, 0.1) is 5.53 Å². The molecule has 0 spiro atoms. The zero-order valence-electron chi connectivity index (χ0n) is 5.28. The van der Waals surface area contributed by atoms with Crippen LogP contribution in [-0.4, -0.2) is 13.2 Å². The fourth-order valence-corrected chi connectivity index (χ4v) is 0.437. The van der Waals surface area contributed by atoms with Crippen LogP contribution >= 0.6 is 0 Å². The van der Waals surface area contributed by atoms with Crippen molar-refractivity contribution in [2.24, 2.45) is 5.11 Å². The van der Waals surface area contributed by atoms with Crippen LogP contribution in [0.2, 0.25) is 0 Å². The van der Waals surface area contributed by atoms with E-state index >= 15 is 0 Å². The molecule has 0 aromatic heterocycles. The highest BCUT2D eigenvalue weighted by molar-refractivity contribution is 4.40. The van der Waals surface area contributed by atoms with Crippen molar-refractivity contribution in [3.63, 3.8) is 0 Å². The van der Waals surface area contributed by atoms with Gasteiger partial charge in [-0.05, 0) is 13.0 Å². The zero-order valence-corrected chi connectivity index (χ0v) is 5.28. The topological polar surface area (TPSA) is 48.2 Å². The Morgan fingerprint density at radius 3 is 2.88 bits per heavy atom. The Morgan fingerprint density at radius 1 is 1.62 bits per heavy atom. The van der Waals surface area contributed by atoms with Gasteiger partial charge in [0.25, 0.3) is 0 Å². The van der Waals surface area contributed by atoms with Gasteiger partial charge in [-0.25, -0.2) is 5.53 Å². The molecule has 2 N–H and O–H groups in total. The van der Waals surface area contributed by atoms with E-state index in [1.165, 1.54) is 12.8 Å². The maximum absolute atomic E-state index is 6.40. The Hall–Kier alpha value is -0.440. The van der Waals surface area contributed by atoms with Crippen molar-refractivity contribution < 1.29 is 0 Å². The molecule has 3 heteroatoms. The Labute approximate surface area is 50.0 Å². The van der Waals surface area contributed by atoms with Crippen molar-refractivity contribution in [1.29, 1.82) is 5.53 Å². The predicted molar refractivity (Wildman–Crippen MR) is 32.9 cm³/mol. The number of rotatable bonds is 5. The van der Waals surface area contributed by atoms with Crippen LogP contribution in [-0.2, 0) is 0 Å². The van der Waals surface area contributed by atoms with Gasteiger partial charge in [0.05, 0.1) is 0 Å². The average molecular weight is 115 g/mol. The first kappa shape index (κ1) is 7.56. The summed E-state index contributed by atoms with van der Waals surface area (Å²) in [5.41, 5.74) is 6.40. The second-order valence-corrected chi connectivity index (χ2v) is 1.67. The van der Waals surface area contributed by atoms with E-state index in [2.05, 4.69) is 17.4 Å². The first-order valence-corrected chi connectivity index (χ1v) is 2.95. The minimum Gasteiger partial charge on any atom is -0.297 e. The molecule has 0 aromatic carbocycles. The molecule has 0 atom stereocenters. The molecule has 48 valence electrons. The average Bonchev–Trinajstić information content (AvgIpc) is 1.81. The molecule has 0 fully saturated rings. The van der Waals surface area contributed by atoms with Gasteiger partial charge < -0.3 is 0 Å². The van der Waals surface area contributed by atoms with Crippen LogP contribution in [0.4, 0.5) is 0 Å². The molecule has 0 bridgehead atoms. The number of hydrogen-bond donors (Lipinski definition) is 2. The third kappa shape index (κ3) is 5.56. The SMILES string of the molecule is CCCCNCN=N. The summed E-state index contributed by atoms with van der Waals surface area (Å²) in [4.78, 5) is 0. The molecule has 0 aromatic rings. The molecule has 0 amide bonds. The van der Waals surface area contributed by atoms with Gasteiger partial charge in [0.2, 0.25) is 0 Å². The monoisotopic (exact) mass is 115 g/mol. The number of nitrogens with one attached hydrogen (secondary N) is 2. The molecule has 3 nitrogen and oxygen atoms in total. The van der Waals surface area contributed by atoms with E-state index in [-0.39, 0.29) is 0 Å². The van der Waals surface area contributed by atoms with Crippen molar-refractivity contribution in [3.05, 3.63) is 0 Å². The molecule has 0 aliphatic heterocycles. The summed E-state index contributed by atoms with van der Waals surface area (Å²) in [5, 5.41) is 6.13. The molecule has 0 saturated carbocycles. The number of unbranched alkanes of at least 4 members (excludes halogenated alkanes) is 1. The van der Waals surface area contributed by atoms with Crippen LogP contribution in [0.25, 0.3) is 0 Å². The van der Waals surface area contributed by atoms with Gasteiger partial charge >= 0.3 is 0 Å². The minimum atomic E-state index is 0.472. The fraction of sp³-hybridized carbons (Fsp3) is 1.00. The third-order valence-corrected chi connectivity index (χ3v) is 0.898. The van der Waals surface area contributed by atoms with Gasteiger partial charge in [-0.3, -0.25) is 5.32 Å². The van der Waals surface area contributed by atoms with Crippen LogP contribution in [0.1, 0.15) is 19.8 Å². The van der Waals surface area contributed by atoms with Crippen LogP contribution in [0.3, 0.4) is 0 Å². The van der Waals surface area contributed by atoms with Crippen molar-refractivity contribution in [2.45, 2.75) is 19.8 Å². The van der Waals surface area contributed by atoms with Crippen molar-refractivity contribution in [2.75, 3.05) is 13.2 Å². The summed E-state index contributed by atoms with van der Waals surface area (Å²) < 4.78 is 0. The molecule has 0 radical (unpaired) electrons. The van der Waals surface area contributed by atoms with Crippen LogP contribution in [0.15, 0.2) is 5.11 Å². The summed E-state index contributed by atoms with van der Waals surface area (Å²) in [6.45, 7) is 3.60. The summed E-state index contributed by atoms with van der Waals surface area (Å²) in [6.07, 6.45) is 2.38. The molecular weight excluding hydrogens is 102 g/mol. The highest BCUT2D eigenvalue weighted by Gasteiger charge is 1.79. The lowest BCUT2D eigenvalue weighted by Gasteiger charge is -1.94. The van der Waals surface area contributed by atoms with Crippen LogP contribution in [0.5, 0.6) is 0 Å². The Kier molecular flexibility index (Phi) is 6.20. The van der Waals surface area contributed by atoms with Gasteiger partial charge in [0, 0.05) is 0 Å². The molecule has 8 heavy (non-hydrogen) atoms. The Bertz CT molecular complexity index is 53.6. The Morgan fingerprint density at radius 2 is 2.38 bits per heavy atom. The minimum absolute atomic E-state index is 0.472. The summed E-state index contributed by atoms with van der Waals surface area (Å²) in [5.74, 6) is 0. The largest absolute Gasteiger partial charge is 0.297 e. The molecule has 0 aliphatic carbocycles. The third-order valence-electron chi connectivity index (χ3n) is 0.898. The van der Waals surface area contributed by atoms with E-state index in [1.54, 1.807) is 0 Å². The highest BCUT2D eigenvalue weighted by Crippen LogP contribution is 1.80. The van der Waals surface area contributed by atoms with Gasteiger partial charge in [0.1, 0.15) is 6.67 Å². The number of hydrogen-bond acceptors (Lipinski definition) is 3. The van der Waals surface area contributed by atoms with Gasteiger partial charge in [-0.15, -0.1) is 0 Å².